The van der Waals surface area contributed by atoms with Crippen LogP contribution in [0.3, 0.4) is 0 Å². The van der Waals surface area contributed by atoms with Crippen LogP contribution in [0.15, 0.2) is 29.8 Å². The van der Waals surface area contributed by atoms with Crippen LogP contribution in [0.25, 0.3) is 0 Å². The van der Waals surface area contributed by atoms with Crippen molar-refractivity contribution in [2.45, 2.75) is 6.42 Å². The Kier molecular flexibility index (Phi) is 3.08. The number of anilines is 3. The molecular weight excluding hydrogens is 260 g/mol. The summed E-state index contributed by atoms with van der Waals surface area (Å²) < 4.78 is 0. The molecule has 1 aliphatic rings. The SMILES string of the molecule is Nc1cccc2c1N(CC(=O)Nc1nccs1)CC2. The summed E-state index contributed by atoms with van der Waals surface area (Å²) in [6, 6.07) is 5.88. The first kappa shape index (κ1) is 12.0. The van der Waals surface area contributed by atoms with Crippen molar-refractivity contribution in [1.29, 1.82) is 0 Å². The van der Waals surface area contributed by atoms with Crippen molar-refractivity contribution in [2.75, 3.05) is 29.0 Å². The Hall–Kier alpha value is -2.08. The molecule has 1 amide bonds. The molecule has 0 fully saturated rings. The van der Waals surface area contributed by atoms with Crippen LogP contribution in [0.2, 0.25) is 0 Å². The average molecular weight is 274 g/mol. The number of amides is 1. The lowest BCUT2D eigenvalue weighted by atomic mass is 10.1. The van der Waals surface area contributed by atoms with E-state index in [1.807, 2.05) is 22.4 Å². The molecule has 0 atom stereocenters. The number of nitrogens with one attached hydrogen (secondary N) is 1. The fraction of sp³-hybridized carbons (Fsp3) is 0.231. The number of carbonyl (C=O) groups is 1. The van der Waals surface area contributed by atoms with Gasteiger partial charge < -0.3 is 16.0 Å². The Balaban J connectivity index is 1.71. The minimum Gasteiger partial charge on any atom is -0.397 e. The molecule has 0 aliphatic carbocycles. The standard InChI is InChI=1S/C13H14N4OS/c14-10-3-1-2-9-4-6-17(12(9)10)8-11(18)16-13-15-5-7-19-13/h1-3,5,7H,4,6,8,14H2,(H,15,16,18). The molecule has 0 spiro atoms. The second kappa shape index (κ2) is 4.89. The van der Waals surface area contributed by atoms with E-state index in [1.54, 1.807) is 6.20 Å². The van der Waals surface area contributed by atoms with Crippen molar-refractivity contribution in [3.05, 3.63) is 35.3 Å². The summed E-state index contributed by atoms with van der Waals surface area (Å²) in [5, 5.41) is 5.25. The summed E-state index contributed by atoms with van der Waals surface area (Å²) in [5.41, 5.74) is 8.93. The van der Waals surface area contributed by atoms with Gasteiger partial charge in [0.05, 0.1) is 17.9 Å². The summed E-state index contributed by atoms with van der Waals surface area (Å²) >= 11 is 1.41. The fourth-order valence-corrected chi connectivity index (χ4v) is 2.89. The monoisotopic (exact) mass is 274 g/mol. The molecule has 0 saturated carbocycles. The molecule has 1 aromatic heterocycles. The Morgan fingerprint density at radius 2 is 2.42 bits per heavy atom. The van der Waals surface area contributed by atoms with Gasteiger partial charge in [0.15, 0.2) is 5.13 Å². The van der Waals surface area contributed by atoms with E-state index < -0.39 is 0 Å². The molecule has 0 saturated heterocycles. The van der Waals surface area contributed by atoms with Crippen molar-refractivity contribution in [3.8, 4) is 0 Å². The summed E-state index contributed by atoms with van der Waals surface area (Å²) in [6.07, 6.45) is 2.61. The normalized spacial score (nSPS) is 13.4. The van der Waals surface area contributed by atoms with Crippen LogP contribution in [-0.4, -0.2) is 24.0 Å². The van der Waals surface area contributed by atoms with E-state index in [2.05, 4.69) is 16.4 Å². The highest BCUT2D eigenvalue weighted by Crippen LogP contribution is 2.33. The zero-order chi connectivity index (χ0) is 13.2. The number of benzene rings is 1. The molecule has 19 heavy (non-hydrogen) atoms. The molecule has 0 unspecified atom stereocenters. The maximum Gasteiger partial charge on any atom is 0.245 e. The number of thiazole rings is 1. The number of nitrogens with two attached hydrogens (primary N) is 1. The van der Waals surface area contributed by atoms with Gasteiger partial charge in [0.2, 0.25) is 5.91 Å². The topological polar surface area (TPSA) is 71.2 Å². The van der Waals surface area contributed by atoms with E-state index >= 15 is 0 Å². The number of nitrogen functional groups attached to an aromatic ring is 1. The van der Waals surface area contributed by atoms with Crippen LogP contribution in [0.5, 0.6) is 0 Å². The van der Waals surface area contributed by atoms with Gasteiger partial charge in [-0.15, -0.1) is 11.3 Å². The summed E-state index contributed by atoms with van der Waals surface area (Å²) in [7, 11) is 0. The van der Waals surface area contributed by atoms with Crippen LogP contribution in [0, 0.1) is 0 Å². The number of hydrogen-bond acceptors (Lipinski definition) is 5. The van der Waals surface area contributed by atoms with Crippen molar-refractivity contribution < 1.29 is 4.79 Å². The van der Waals surface area contributed by atoms with Gasteiger partial charge in [0.25, 0.3) is 0 Å². The lowest BCUT2D eigenvalue weighted by Crippen LogP contribution is -2.32. The summed E-state index contributed by atoms with van der Waals surface area (Å²) in [5.74, 6) is -0.0638. The molecule has 6 heteroatoms. The minimum absolute atomic E-state index is 0.0638. The van der Waals surface area contributed by atoms with Gasteiger partial charge >= 0.3 is 0 Å². The van der Waals surface area contributed by atoms with Gasteiger partial charge in [-0.25, -0.2) is 4.98 Å². The van der Waals surface area contributed by atoms with Gasteiger partial charge in [0.1, 0.15) is 0 Å². The van der Waals surface area contributed by atoms with E-state index in [9.17, 15) is 4.79 Å². The van der Waals surface area contributed by atoms with E-state index in [0.29, 0.717) is 11.7 Å². The Morgan fingerprint density at radius 3 is 3.21 bits per heavy atom. The van der Waals surface area contributed by atoms with Crippen LogP contribution in [-0.2, 0) is 11.2 Å². The quantitative estimate of drug-likeness (QED) is 0.836. The van der Waals surface area contributed by atoms with Gasteiger partial charge in [-0.05, 0) is 18.1 Å². The molecule has 3 N–H and O–H groups in total. The summed E-state index contributed by atoms with van der Waals surface area (Å²) in [4.78, 5) is 18.0. The van der Waals surface area contributed by atoms with Crippen LogP contribution in [0.4, 0.5) is 16.5 Å². The molecule has 3 rings (SSSR count). The number of rotatable bonds is 3. The molecular formula is C13H14N4OS. The Labute approximate surface area is 115 Å². The van der Waals surface area contributed by atoms with Gasteiger partial charge in [-0.2, -0.15) is 0 Å². The predicted octanol–water partition coefficient (Wildman–Crippen LogP) is 1.73. The maximum absolute atomic E-state index is 12.0. The highest BCUT2D eigenvalue weighted by Gasteiger charge is 2.23. The lowest BCUT2D eigenvalue weighted by molar-refractivity contribution is -0.114. The number of aromatic nitrogens is 1. The maximum atomic E-state index is 12.0. The zero-order valence-corrected chi connectivity index (χ0v) is 11.1. The fourth-order valence-electron chi connectivity index (χ4n) is 2.34. The molecule has 5 nitrogen and oxygen atoms in total. The molecule has 0 radical (unpaired) electrons. The van der Waals surface area contributed by atoms with Crippen molar-refractivity contribution in [2.24, 2.45) is 0 Å². The van der Waals surface area contributed by atoms with Crippen LogP contribution < -0.4 is 16.0 Å². The molecule has 98 valence electrons. The number of para-hydroxylation sites is 1. The second-order valence-electron chi connectivity index (χ2n) is 4.41. The first-order valence-electron chi connectivity index (χ1n) is 6.05. The van der Waals surface area contributed by atoms with Crippen LogP contribution >= 0.6 is 11.3 Å². The van der Waals surface area contributed by atoms with E-state index in [4.69, 9.17) is 5.73 Å². The third-order valence-electron chi connectivity index (χ3n) is 3.13. The first-order valence-corrected chi connectivity index (χ1v) is 6.93. The average Bonchev–Trinajstić information content (AvgIpc) is 3.00. The highest BCUT2D eigenvalue weighted by atomic mass is 32.1. The largest absolute Gasteiger partial charge is 0.397 e. The highest BCUT2D eigenvalue weighted by molar-refractivity contribution is 7.13. The van der Waals surface area contributed by atoms with Gasteiger partial charge in [0, 0.05) is 18.1 Å². The molecule has 1 aliphatic heterocycles. The number of nitrogens with zero attached hydrogens (tertiary/aromatic N) is 2. The zero-order valence-electron chi connectivity index (χ0n) is 10.3. The predicted molar refractivity (Wildman–Crippen MR) is 77.5 cm³/mol. The van der Waals surface area contributed by atoms with Crippen molar-refractivity contribution in [3.63, 3.8) is 0 Å². The first-order chi connectivity index (χ1) is 9.24. The van der Waals surface area contributed by atoms with Gasteiger partial charge in [-0.1, -0.05) is 12.1 Å². The van der Waals surface area contributed by atoms with E-state index in [1.165, 1.54) is 16.9 Å². The van der Waals surface area contributed by atoms with Crippen LogP contribution in [0.1, 0.15) is 5.56 Å². The van der Waals surface area contributed by atoms with E-state index in [0.717, 1.165) is 24.3 Å². The van der Waals surface area contributed by atoms with Crippen molar-refractivity contribution >= 4 is 33.8 Å². The molecule has 0 bridgehead atoms. The molecule has 2 heterocycles. The third-order valence-corrected chi connectivity index (χ3v) is 3.82. The minimum atomic E-state index is -0.0638. The number of carbonyl (C=O) groups excluding carboxylic acids is 1. The molecule has 1 aromatic carbocycles. The Bertz CT molecular complexity index is 597. The molecule has 2 aromatic rings. The van der Waals surface area contributed by atoms with E-state index in [-0.39, 0.29) is 5.91 Å². The second-order valence-corrected chi connectivity index (χ2v) is 5.31. The number of fused-ring (bicyclic) bond motifs is 1. The third kappa shape index (κ3) is 2.39. The van der Waals surface area contributed by atoms with Crippen molar-refractivity contribution in [1.82, 2.24) is 4.98 Å². The summed E-state index contributed by atoms with van der Waals surface area (Å²) in [6.45, 7) is 1.13. The number of hydrogen-bond donors (Lipinski definition) is 2. The lowest BCUT2D eigenvalue weighted by Gasteiger charge is -2.19. The van der Waals surface area contributed by atoms with Gasteiger partial charge in [-0.3, -0.25) is 4.79 Å². The Morgan fingerprint density at radius 1 is 1.53 bits per heavy atom. The smallest absolute Gasteiger partial charge is 0.245 e.